The van der Waals surface area contributed by atoms with Gasteiger partial charge in [-0.25, -0.2) is 9.67 Å². The maximum Gasteiger partial charge on any atom is 0.224 e. The number of fused-ring (bicyclic) bond motifs is 1. The lowest BCUT2D eigenvalue weighted by Gasteiger charge is -2.09. The third-order valence-electron chi connectivity index (χ3n) is 4.01. The normalized spacial score (nSPS) is 14.8. The van der Waals surface area contributed by atoms with E-state index in [9.17, 15) is 4.79 Å². The van der Waals surface area contributed by atoms with E-state index >= 15 is 0 Å². The molecule has 0 bridgehead atoms. The van der Waals surface area contributed by atoms with Gasteiger partial charge in [0.25, 0.3) is 0 Å². The Balaban J connectivity index is 1.59. The van der Waals surface area contributed by atoms with Crippen molar-refractivity contribution in [2.24, 2.45) is 10.2 Å². The van der Waals surface area contributed by atoms with Crippen molar-refractivity contribution in [3.63, 3.8) is 0 Å². The van der Waals surface area contributed by atoms with Gasteiger partial charge in [0, 0.05) is 37.1 Å². The molecular weight excluding hydrogens is 304 g/mol. The Bertz CT molecular complexity index is 823. The number of nitrogens with zero attached hydrogens (tertiary/aromatic N) is 5. The molecule has 0 aromatic carbocycles. The van der Waals surface area contributed by atoms with Crippen LogP contribution in [0.15, 0.2) is 28.7 Å². The lowest BCUT2D eigenvalue weighted by Crippen LogP contribution is -2.17. The number of hydrogen-bond donors (Lipinski definition) is 1. The van der Waals surface area contributed by atoms with E-state index in [2.05, 4.69) is 31.5 Å². The van der Waals surface area contributed by atoms with Crippen molar-refractivity contribution in [2.45, 2.75) is 51.2 Å². The summed E-state index contributed by atoms with van der Waals surface area (Å²) in [5, 5.41) is 16.2. The van der Waals surface area contributed by atoms with E-state index in [0.717, 1.165) is 11.0 Å². The Morgan fingerprint density at radius 1 is 1.38 bits per heavy atom. The summed E-state index contributed by atoms with van der Waals surface area (Å²) in [5.74, 6) is 2.50. The van der Waals surface area contributed by atoms with Crippen LogP contribution < -0.4 is 5.32 Å². The van der Waals surface area contributed by atoms with Crippen molar-refractivity contribution in [1.29, 1.82) is 0 Å². The van der Waals surface area contributed by atoms with Gasteiger partial charge in [0.15, 0.2) is 11.3 Å². The Morgan fingerprint density at radius 2 is 2.17 bits per heavy atom. The van der Waals surface area contributed by atoms with Gasteiger partial charge in [-0.05, 0) is 19.9 Å². The van der Waals surface area contributed by atoms with Crippen molar-refractivity contribution in [3.05, 3.63) is 18.5 Å². The second kappa shape index (κ2) is 6.40. The zero-order valence-corrected chi connectivity index (χ0v) is 13.9. The first kappa shape index (κ1) is 16.1. The minimum absolute atomic E-state index is 0.0789. The molecule has 7 nitrogen and oxygen atoms in total. The molecular formula is C17H20N6O. The molecule has 0 radical (unpaired) electrons. The molecule has 0 aliphatic carbocycles. The standard InChI is InChI=1S/C17H20N6O/c1-4-5-7-17(21-22-17)8-6-15(24)20-14-9-13-10-19-23(12(2)3)16(13)18-11-14/h1,9-12H,5-8H2,2-3H3,(H,20,24). The van der Waals surface area contributed by atoms with Crippen molar-refractivity contribution < 1.29 is 4.79 Å². The lowest BCUT2D eigenvalue weighted by molar-refractivity contribution is -0.116. The van der Waals surface area contributed by atoms with Gasteiger partial charge in [-0.3, -0.25) is 4.79 Å². The van der Waals surface area contributed by atoms with Crippen LogP contribution in [-0.4, -0.2) is 26.3 Å². The van der Waals surface area contributed by atoms with Crippen molar-refractivity contribution >= 4 is 22.6 Å². The summed E-state index contributed by atoms with van der Waals surface area (Å²) in [6, 6.07) is 2.12. The van der Waals surface area contributed by atoms with Crippen LogP contribution in [-0.2, 0) is 4.79 Å². The SMILES string of the molecule is C#CCCC1(CCC(=O)Nc2cnc3c(cnn3C(C)C)c2)N=N1. The Hall–Kier alpha value is -2.75. The number of hydrogen-bond acceptors (Lipinski definition) is 5. The van der Waals surface area contributed by atoms with Gasteiger partial charge in [-0.15, -0.1) is 12.3 Å². The number of anilines is 1. The van der Waals surface area contributed by atoms with Gasteiger partial charge in [-0.1, -0.05) is 0 Å². The second-order valence-corrected chi connectivity index (χ2v) is 6.25. The first-order valence-corrected chi connectivity index (χ1v) is 8.04. The number of aromatic nitrogens is 3. The molecule has 0 saturated carbocycles. The number of amides is 1. The molecule has 0 spiro atoms. The van der Waals surface area contributed by atoms with Crippen LogP contribution in [0.5, 0.6) is 0 Å². The lowest BCUT2D eigenvalue weighted by atomic mass is 10.0. The number of rotatable bonds is 7. The molecule has 124 valence electrons. The maximum absolute atomic E-state index is 12.1. The Kier molecular flexibility index (Phi) is 4.30. The highest BCUT2D eigenvalue weighted by molar-refractivity contribution is 5.92. The zero-order valence-electron chi connectivity index (χ0n) is 13.9. The summed E-state index contributed by atoms with van der Waals surface area (Å²) >= 11 is 0. The van der Waals surface area contributed by atoms with Crippen LogP contribution in [0.25, 0.3) is 11.0 Å². The highest BCUT2D eigenvalue weighted by atomic mass is 16.1. The highest BCUT2D eigenvalue weighted by Crippen LogP contribution is 2.37. The number of carbonyl (C=O) groups excluding carboxylic acids is 1. The van der Waals surface area contributed by atoms with Gasteiger partial charge in [0.1, 0.15) is 0 Å². The topological polar surface area (TPSA) is 84.5 Å². The summed E-state index contributed by atoms with van der Waals surface area (Å²) in [6.07, 6.45) is 10.9. The molecule has 2 aromatic rings. The van der Waals surface area contributed by atoms with Crippen LogP contribution in [0.2, 0.25) is 0 Å². The van der Waals surface area contributed by atoms with Crippen LogP contribution in [0.3, 0.4) is 0 Å². The molecule has 1 N–H and O–H groups in total. The molecule has 1 aliphatic rings. The third-order valence-corrected chi connectivity index (χ3v) is 4.01. The van der Waals surface area contributed by atoms with E-state index in [0.29, 0.717) is 31.4 Å². The van der Waals surface area contributed by atoms with Crippen LogP contribution in [0.4, 0.5) is 5.69 Å². The molecule has 1 amide bonds. The smallest absolute Gasteiger partial charge is 0.224 e. The Labute approximate surface area is 140 Å². The largest absolute Gasteiger partial charge is 0.325 e. The molecule has 7 heteroatoms. The van der Waals surface area contributed by atoms with Gasteiger partial charge >= 0.3 is 0 Å². The van der Waals surface area contributed by atoms with Gasteiger partial charge in [0.05, 0.1) is 18.1 Å². The minimum Gasteiger partial charge on any atom is -0.325 e. The number of carbonyl (C=O) groups is 1. The van der Waals surface area contributed by atoms with Gasteiger partial charge in [0.2, 0.25) is 5.91 Å². The predicted octanol–water partition coefficient (Wildman–Crippen LogP) is 3.31. The molecule has 3 heterocycles. The van der Waals surface area contributed by atoms with E-state index in [4.69, 9.17) is 6.42 Å². The van der Waals surface area contributed by atoms with Gasteiger partial charge < -0.3 is 5.32 Å². The third kappa shape index (κ3) is 3.43. The number of nitrogens with one attached hydrogen (secondary N) is 1. The Morgan fingerprint density at radius 3 is 2.83 bits per heavy atom. The van der Waals surface area contributed by atoms with Crippen molar-refractivity contribution in [3.8, 4) is 12.3 Å². The fourth-order valence-electron chi connectivity index (χ4n) is 2.59. The summed E-state index contributed by atoms with van der Waals surface area (Å²) in [4.78, 5) is 16.5. The first-order chi connectivity index (χ1) is 11.5. The summed E-state index contributed by atoms with van der Waals surface area (Å²) < 4.78 is 1.85. The summed E-state index contributed by atoms with van der Waals surface area (Å²) in [5.41, 5.74) is 1.05. The van der Waals surface area contributed by atoms with Gasteiger partial charge in [-0.2, -0.15) is 15.3 Å². The van der Waals surface area contributed by atoms with E-state index in [-0.39, 0.29) is 11.9 Å². The molecule has 2 aromatic heterocycles. The fourth-order valence-corrected chi connectivity index (χ4v) is 2.59. The van der Waals surface area contributed by atoms with E-state index in [1.54, 1.807) is 12.4 Å². The first-order valence-electron chi connectivity index (χ1n) is 8.04. The molecule has 24 heavy (non-hydrogen) atoms. The predicted molar refractivity (Wildman–Crippen MR) is 91.4 cm³/mol. The highest BCUT2D eigenvalue weighted by Gasteiger charge is 2.39. The molecule has 0 fully saturated rings. The van der Waals surface area contributed by atoms with E-state index < -0.39 is 5.66 Å². The summed E-state index contributed by atoms with van der Waals surface area (Å²) in [7, 11) is 0. The van der Waals surface area contributed by atoms with Crippen LogP contribution >= 0.6 is 0 Å². The molecule has 1 aliphatic heterocycles. The number of terminal acetylenes is 1. The molecule has 0 saturated heterocycles. The summed E-state index contributed by atoms with van der Waals surface area (Å²) in [6.45, 7) is 4.10. The van der Waals surface area contributed by atoms with E-state index in [1.165, 1.54) is 0 Å². The molecule has 0 unspecified atom stereocenters. The van der Waals surface area contributed by atoms with Crippen molar-refractivity contribution in [1.82, 2.24) is 14.8 Å². The van der Waals surface area contributed by atoms with E-state index in [1.807, 2.05) is 24.6 Å². The fraction of sp³-hybridized carbons (Fsp3) is 0.471. The average molecular weight is 324 g/mol. The van der Waals surface area contributed by atoms with Crippen molar-refractivity contribution in [2.75, 3.05) is 5.32 Å². The maximum atomic E-state index is 12.1. The number of pyridine rings is 1. The minimum atomic E-state index is -0.426. The molecule has 3 rings (SSSR count). The monoisotopic (exact) mass is 324 g/mol. The quantitative estimate of drug-likeness (QED) is 0.793. The molecule has 0 atom stereocenters. The van der Waals surface area contributed by atoms with Crippen LogP contribution in [0.1, 0.15) is 45.6 Å². The zero-order chi connectivity index (χ0) is 17.2. The second-order valence-electron chi connectivity index (χ2n) is 6.25. The average Bonchev–Trinajstić information content (AvgIpc) is 3.20. The van der Waals surface area contributed by atoms with Crippen LogP contribution in [0, 0.1) is 12.3 Å².